The van der Waals surface area contributed by atoms with E-state index in [4.69, 9.17) is 4.74 Å². The van der Waals surface area contributed by atoms with E-state index in [2.05, 4.69) is 17.9 Å². The number of alkyl halides is 5. The third-order valence-electron chi connectivity index (χ3n) is 12.4. The molecular weight excluding hydrogens is 651 g/mol. The van der Waals surface area contributed by atoms with Crippen molar-refractivity contribution in [1.82, 2.24) is 9.80 Å². The fourth-order valence-electron chi connectivity index (χ4n) is 9.78. The molecule has 4 fully saturated rings. The number of piperidine rings is 1. The van der Waals surface area contributed by atoms with Crippen LogP contribution in [0.4, 0.5) is 26.7 Å². The maximum absolute atomic E-state index is 13.3. The third-order valence-corrected chi connectivity index (χ3v) is 13.9. The number of rotatable bonds is 10. The van der Waals surface area contributed by atoms with Gasteiger partial charge in [0.1, 0.15) is 11.5 Å². The van der Waals surface area contributed by atoms with Crippen LogP contribution < -0.4 is 4.74 Å². The van der Waals surface area contributed by atoms with Crippen molar-refractivity contribution in [1.29, 1.82) is 0 Å². The third kappa shape index (κ3) is 7.35. The Morgan fingerprint density at radius 1 is 1.00 bits per heavy atom. The Hall–Kier alpha value is -2.08. The second kappa shape index (κ2) is 14.3. The fraction of sp³-hybridized carbons (Fsp3) is 0.778. The lowest BCUT2D eigenvalue weighted by Crippen LogP contribution is -2.46. The monoisotopic (exact) mass is 700 g/mol. The first kappa shape index (κ1) is 35.7. The Morgan fingerprint density at radius 3 is 2.42 bits per heavy atom. The molecule has 6 atom stereocenters. The van der Waals surface area contributed by atoms with E-state index in [0.29, 0.717) is 43.5 Å². The lowest BCUT2D eigenvalue weighted by molar-refractivity contribution is -0.284. The quantitative estimate of drug-likeness (QED) is 0.232. The van der Waals surface area contributed by atoms with Gasteiger partial charge in [0.2, 0.25) is 0 Å². The van der Waals surface area contributed by atoms with Gasteiger partial charge in [-0.25, -0.2) is 4.79 Å². The van der Waals surface area contributed by atoms with Gasteiger partial charge >= 0.3 is 18.2 Å². The SMILES string of the molecule is C[C@]12CC[C@@H]3c4ccc(OC(=O)N5CCC(N6CCCC6)CC5)cc4C[C@@H](CCCS(=O)CCCC(F)(F)C(F)(F)F)[C@H]3[C@@H]1CCC2=O. The Bertz CT molecular complexity index is 1360. The van der Waals surface area contributed by atoms with Crippen molar-refractivity contribution >= 4 is 22.7 Å². The number of benzene rings is 1. The topological polar surface area (TPSA) is 66.9 Å². The van der Waals surface area contributed by atoms with Gasteiger partial charge in [0.15, 0.2) is 0 Å². The first-order chi connectivity index (χ1) is 22.8. The first-order valence-electron chi connectivity index (χ1n) is 17.9. The molecule has 1 unspecified atom stereocenters. The summed E-state index contributed by atoms with van der Waals surface area (Å²) in [6, 6.07) is 6.51. The number of halogens is 5. The second-order valence-corrected chi connectivity index (χ2v) is 16.9. The van der Waals surface area contributed by atoms with Crippen LogP contribution >= 0.6 is 0 Å². The Kier molecular flexibility index (Phi) is 10.6. The van der Waals surface area contributed by atoms with Gasteiger partial charge in [0.25, 0.3) is 0 Å². The lowest BCUT2D eigenvalue weighted by atomic mass is 9.52. The van der Waals surface area contributed by atoms with Crippen molar-refractivity contribution in [3.8, 4) is 5.75 Å². The Labute approximate surface area is 283 Å². The van der Waals surface area contributed by atoms with Crippen LogP contribution in [0.2, 0.25) is 0 Å². The number of ketones is 1. The molecule has 2 heterocycles. The summed E-state index contributed by atoms with van der Waals surface area (Å²) >= 11 is 0. The number of fused-ring (bicyclic) bond motifs is 5. The average Bonchev–Trinajstić information content (AvgIpc) is 3.68. The van der Waals surface area contributed by atoms with Crippen molar-refractivity contribution in [3.63, 3.8) is 0 Å². The minimum atomic E-state index is -5.60. The summed E-state index contributed by atoms with van der Waals surface area (Å²) in [6.45, 7) is 5.77. The Morgan fingerprint density at radius 2 is 1.71 bits per heavy atom. The minimum Gasteiger partial charge on any atom is -0.410 e. The van der Waals surface area contributed by atoms with E-state index in [1.165, 1.54) is 18.4 Å². The van der Waals surface area contributed by atoms with Gasteiger partial charge in [-0.05, 0) is 131 Å². The van der Waals surface area contributed by atoms with Crippen molar-refractivity contribution < 1.29 is 40.5 Å². The highest BCUT2D eigenvalue weighted by Crippen LogP contribution is 2.61. The number of Topliss-reactive ketones (excluding diaryl/α,β-unsaturated/α-hetero) is 1. The van der Waals surface area contributed by atoms with E-state index in [9.17, 15) is 35.8 Å². The first-order valence-corrected chi connectivity index (χ1v) is 19.4. The molecule has 0 bridgehead atoms. The summed E-state index contributed by atoms with van der Waals surface area (Å²) in [5.74, 6) is -2.90. The van der Waals surface area contributed by atoms with E-state index in [-0.39, 0.29) is 46.7 Å². The zero-order chi connectivity index (χ0) is 34.3. The van der Waals surface area contributed by atoms with Crippen LogP contribution in [0.1, 0.15) is 101 Å². The number of nitrogens with zero attached hydrogens (tertiary/aromatic N) is 2. The zero-order valence-corrected chi connectivity index (χ0v) is 28.7. The molecule has 2 saturated carbocycles. The van der Waals surface area contributed by atoms with E-state index >= 15 is 0 Å². The van der Waals surface area contributed by atoms with Crippen molar-refractivity contribution in [3.05, 3.63) is 29.3 Å². The highest BCUT2D eigenvalue weighted by atomic mass is 32.2. The summed E-state index contributed by atoms with van der Waals surface area (Å²) in [4.78, 5) is 30.5. The van der Waals surface area contributed by atoms with Crippen LogP contribution in [-0.4, -0.2) is 81.7 Å². The van der Waals surface area contributed by atoms with Crippen LogP contribution in [0.25, 0.3) is 0 Å². The molecule has 0 radical (unpaired) electrons. The molecule has 6 nitrogen and oxygen atoms in total. The highest BCUT2D eigenvalue weighted by molar-refractivity contribution is 7.84. The largest absolute Gasteiger partial charge is 0.453 e. The summed E-state index contributed by atoms with van der Waals surface area (Å²) in [5.41, 5.74) is 2.03. The molecule has 0 N–H and O–H groups in total. The Balaban J connectivity index is 1.10. The summed E-state index contributed by atoms with van der Waals surface area (Å²) in [5, 5.41) is 0. The van der Waals surface area contributed by atoms with Gasteiger partial charge in [-0.2, -0.15) is 22.0 Å². The summed E-state index contributed by atoms with van der Waals surface area (Å²) in [7, 11) is -1.50. The maximum atomic E-state index is 13.3. The van der Waals surface area contributed by atoms with Crippen LogP contribution in [-0.2, 0) is 22.0 Å². The smallest absolute Gasteiger partial charge is 0.410 e. The van der Waals surface area contributed by atoms with Crippen molar-refractivity contribution in [2.75, 3.05) is 37.7 Å². The molecule has 2 saturated heterocycles. The number of carbonyl (C=O) groups is 2. The molecule has 5 aliphatic rings. The minimum absolute atomic E-state index is 0.189. The predicted octanol–water partition coefficient (Wildman–Crippen LogP) is 7.90. The van der Waals surface area contributed by atoms with E-state index in [1.54, 1.807) is 4.90 Å². The van der Waals surface area contributed by atoms with Crippen LogP contribution in [0, 0.1) is 23.2 Å². The average molecular weight is 701 g/mol. The van der Waals surface area contributed by atoms with Gasteiger partial charge in [0, 0.05) is 59.7 Å². The summed E-state index contributed by atoms with van der Waals surface area (Å²) < 4.78 is 82.7. The van der Waals surface area contributed by atoms with Crippen LogP contribution in [0.5, 0.6) is 5.75 Å². The second-order valence-electron chi connectivity index (χ2n) is 15.2. The van der Waals surface area contributed by atoms with E-state index in [1.807, 2.05) is 12.1 Å². The van der Waals surface area contributed by atoms with E-state index in [0.717, 1.165) is 63.6 Å². The molecule has 1 aromatic carbocycles. The standard InChI is InChI=1S/C36H49F5N2O4S/c1-34-15-11-29-28-8-7-27(47-33(45)43-18-12-26(13-19-43)42-16-2-3-17-42)23-25(28)22-24(32(29)30(34)9-10-31(34)44)6-4-20-48(46)21-5-14-35(37,38)36(39,40)41/h7-8,23-24,26,29-30,32H,2-6,9-22H2,1H3/t24-,29-,30+,32-,34+,48?/m1/s1. The fourth-order valence-corrected chi connectivity index (χ4v) is 10.9. The number of hydrogen-bond acceptors (Lipinski definition) is 5. The molecule has 0 aromatic heterocycles. The predicted molar refractivity (Wildman–Crippen MR) is 174 cm³/mol. The molecule has 48 heavy (non-hydrogen) atoms. The zero-order valence-electron chi connectivity index (χ0n) is 27.9. The molecule has 2 aliphatic heterocycles. The highest BCUT2D eigenvalue weighted by Gasteiger charge is 2.57. The van der Waals surface area contributed by atoms with Crippen molar-refractivity contribution in [2.24, 2.45) is 23.2 Å². The van der Waals surface area contributed by atoms with Gasteiger partial charge in [-0.3, -0.25) is 9.00 Å². The number of amides is 1. The van der Waals surface area contributed by atoms with E-state index < -0.39 is 35.7 Å². The number of hydrogen-bond donors (Lipinski definition) is 0. The number of likely N-dealkylation sites (tertiary alicyclic amines) is 2. The molecule has 12 heteroatoms. The number of ether oxygens (including phenoxy) is 1. The molecular formula is C36H49F5N2O4S. The van der Waals surface area contributed by atoms with Gasteiger partial charge < -0.3 is 14.5 Å². The molecule has 0 spiro atoms. The summed E-state index contributed by atoms with van der Waals surface area (Å²) in [6.07, 6.45) is 1.84. The maximum Gasteiger partial charge on any atom is 0.453 e. The van der Waals surface area contributed by atoms with Gasteiger partial charge in [0.05, 0.1) is 0 Å². The normalized spacial score (nSPS) is 30.5. The molecule has 3 aliphatic carbocycles. The van der Waals surface area contributed by atoms with Crippen LogP contribution in [0.3, 0.4) is 0 Å². The molecule has 6 rings (SSSR count). The molecule has 1 amide bonds. The number of carbonyl (C=O) groups excluding carboxylic acids is 2. The molecule has 1 aromatic rings. The molecule has 268 valence electrons. The van der Waals surface area contributed by atoms with Crippen LogP contribution in [0.15, 0.2) is 18.2 Å². The van der Waals surface area contributed by atoms with Gasteiger partial charge in [-0.1, -0.05) is 13.0 Å². The van der Waals surface area contributed by atoms with Crippen molar-refractivity contribution in [2.45, 2.75) is 114 Å². The van der Waals surface area contributed by atoms with Gasteiger partial charge in [-0.15, -0.1) is 0 Å². The lowest BCUT2D eigenvalue weighted by Gasteiger charge is -2.51.